The number of hydrogen-bond donors (Lipinski definition) is 1. The lowest BCUT2D eigenvalue weighted by molar-refractivity contribution is -0.131. The van der Waals surface area contributed by atoms with E-state index in [9.17, 15) is 14.4 Å². The summed E-state index contributed by atoms with van der Waals surface area (Å²) in [4.78, 5) is 37.2. The van der Waals surface area contributed by atoms with Crippen LogP contribution in [0.4, 0.5) is 4.79 Å². The van der Waals surface area contributed by atoms with Gasteiger partial charge in [0.25, 0.3) is 5.91 Å². The molecule has 1 aliphatic heterocycles. The van der Waals surface area contributed by atoms with Crippen molar-refractivity contribution in [2.24, 2.45) is 0 Å². The van der Waals surface area contributed by atoms with Crippen molar-refractivity contribution in [3.8, 4) is 5.75 Å². The van der Waals surface area contributed by atoms with Crippen LogP contribution in [-0.2, 0) is 9.53 Å². The molecule has 0 saturated carbocycles. The minimum atomic E-state index is -0.780. The van der Waals surface area contributed by atoms with Gasteiger partial charge >= 0.3 is 6.16 Å². The fraction of sp³-hybridized carbons (Fsp3) is 0.500. The molecule has 2 rings (SSSR count). The Labute approximate surface area is 157 Å². The van der Waals surface area contributed by atoms with Crippen LogP contribution in [0.5, 0.6) is 5.75 Å². The number of alkyl halides is 1. The molecule has 0 aliphatic carbocycles. The summed E-state index contributed by atoms with van der Waals surface area (Å²) in [5.41, 5.74) is 0.467. The van der Waals surface area contributed by atoms with E-state index in [1.807, 2.05) is 0 Å². The number of carbonyl (C=O) groups excluding carboxylic acids is 3. The molecule has 1 saturated heterocycles. The molecule has 8 heteroatoms. The zero-order valence-corrected chi connectivity index (χ0v) is 15.6. The topological polar surface area (TPSA) is 84.9 Å². The maximum atomic E-state index is 12.3. The van der Waals surface area contributed by atoms with Crippen molar-refractivity contribution in [1.29, 1.82) is 0 Å². The minimum absolute atomic E-state index is 0.00707. The highest BCUT2D eigenvalue weighted by atomic mass is 35.5. The highest BCUT2D eigenvalue weighted by Crippen LogP contribution is 2.16. The molecule has 1 N–H and O–H groups in total. The van der Waals surface area contributed by atoms with E-state index in [1.165, 1.54) is 12.1 Å². The zero-order chi connectivity index (χ0) is 19.1. The lowest BCUT2D eigenvalue weighted by atomic mass is 10.0. The molecule has 0 bridgehead atoms. The summed E-state index contributed by atoms with van der Waals surface area (Å²) in [7, 11) is 0. The lowest BCUT2D eigenvalue weighted by Gasteiger charge is -2.33. The van der Waals surface area contributed by atoms with E-state index in [0.717, 1.165) is 0 Å². The molecule has 1 fully saturated rings. The summed E-state index contributed by atoms with van der Waals surface area (Å²) in [5.74, 6) is 0.0267. The Morgan fingerprint density at radius 2 is 1.85 bits per heavy atom. The fourth-order valence-electron chi connectivity index (χ4n) is 2.68. The smallest absolute Gasteiger partial charge is 0.434 e. The summed E-state index contributed by atoms with van der Waals surface area (Å²) >= 11 is 5.82. The molecule has 1 heterocycles. The van der Waals surface area contributed by atoms with E-state index < -0.39 is 11.5 Å². The lowest BCUT2D eigenvalue weighted by Crippen LogP contribution is -2.48. The molecule has 1 aromatic carbocycles. The van der Waals surface area contributed by atoms with Gasteiger partial charge in [-0.15, -0.1) is 11.6 Å². The first-order valence-electron chi connectivity index (χ1n) is 8.59. The van der Waals surface area contributed by atoms with Crippen LogP contribution < -0.4 is 10.1 Å². The van der Waals surface area contributed by atoms with Crippen LogP contribution in [0.2, 0.25) is 0 Å². The second-order valence-corrected chi connectivity index (χ2v) is 6.65. The number of rotatable bonds is 5. The molecule has 7 nitrogen and oxygen atoms in total. The first-order chi connectivity index (χ1) is 12.4. The standard InChI is InChI=1S/C18H23ClN2O5/c1-3-25-18(24)26-15-6-4-13(5-7-15)16(22)20-14-8-10-21(11-9-14)17(23)12(2)19/h4-7,12,14H,3,8-11H2,1-2H3,(H,20,22). The molecule has 26 heavy (non-hydrogen) atoms. The summed E-state index contributed by atoms with van der Waals surface area (Å²) in [6, 6.07) is 6.24. The van der Waals surface area contributed by atoms with Gasteiger partial charge < -0.3 is 19.7 Å². The van der Waals surface area contributed by atoms with Gasteiger partial charge in [-0.25, -0.2) is 4.79 Å². The third-order valence-electron chi connectivity index (χ3n) is 4.06. The molecule has 2 amide bonds. The number of amides is 2. The third-order valence-corrected chi connectivity index (χ3v) is 4.25. The number of nitrogens with one attached hydrogen (secondary N) is 1. The van der Waals surface area contributed by atoms with Crippen molar-refractivity contribution < 1.29 is 23.9 Å². The van der Waals surface area contributed by atoms with Gasteiger partial charge in [-0.2, -0.15) is 0 Å². The van der Waals surface area contributed by atoms with Crippen LogP contribution in [0.1, 0.15) is 37.0 Å². The molecule has 1 atom stereocenters. The monoisotopic (exact) mass is 382 g/mol. The molecular weight excluding hydrogens is 360 g/mol. The summed E-state index contributed by atoms with van der Waals surface area (Å²) in [6.07, 6.45) is 0.591. The van der Waals surface area contributed by atoms with Gasteiger partial charge in [0.15, 0.2) is 0 Å². The normalized spacial score (nSPS) is 15.9. The second-order valence-electron chi connectivity index (χ2n) is 6.00. The first-order valence-corrected chi connectivity index (χ1v) is 9.02. The first kappa shape index (κ1) is 20.0. The van der Waals surface area contributed by atoms with Crippen molar-refractivity contribution in [2.45, 2.75) is 38.1 Å². The average Bonchev–Trinajstić information content (AvgIpc) is 2.62. The molecule has 0 radical (unpaired) electrons. The number of ether oxygens (including phenoxy) is 2. The molecule has 1 unspecified atom stereocenters. The van der Waals surface area contributed by atoms with Gasteiger partial charge in [0, 0.05) is 24.7 Å². The van der Waals surface area contributed by atoms with Crippen molar-refractivity contribution in [1.82, 2.24) is 10.2 Å². The van der Waals surface area contributed by atoms with Crippen LogP contribution in [0, 0.1) is 0 Å². The molecule has 1 aliphatic rings. The molecular formula is C18H23ClN2O5. The van der Waals surface area contributed by atoms with E-state index in [0.29, 0.717) is 37.2 Å². The Morgan fingerprint density at radius 3 is 2.38 bits per heavy atom. The highest BCUT2D eigenvalue weighted by molar-refractivity contribution is 6.30. The van der Waals surface area contributed by atoms with Gasteiger partial charge in [0.05, 0.1) is 6.61 Å². The number of nitrogens with zero attached hydrogens (tertiary/aromatic N) is 1. The van der Waals surface area contributed by atoms with Crippen LogP contribution >= 0.6 is 11.6 Å². The molecule has 142 valence electrons. The number of halogens is 1. The maximum absolute atomic E-state index is 12.3. The van der Waals surface area contributed by atoms with E-state index in [2.05, 4.69) is 10.1 Å². The number of benzene rings is 1. The van der Waals surface area contributed by atoms with Gasteiger partial charge in [-0.1, -0.05) is 0 Å². The minimum Gasteiger partial charge on any atom is -0.434 e. The van der Waals surface area contributed by atoms with Gasteiger partial charge in [0.2, 0.25) is 5.91 Å². The Kier molecular flexibility index (Phi) is 7.26. The van der Waals surface area contributed by atoms with Crippen molar-refractivity contribution >= 4 is 29.6 Å². The third kappa shape index (κ3) is 5.62. The number of carbonyl (C=O) groups is 3. The van der Waals surface area contributed by atoms with Crippen LogP contribution in [0.15, 0.2) is 24.3 Å². The SMILES string of the molecule is CCOC(=O)Oc1ccc(C(=O)NC2CCN(C(=O)C(C)Cl)CC2)cc1. The Hall–Kier alpha value is -2.28. The van der Waals surface area contributed by atoms with Gasteiger partial charge in [0.1, 0.15) is 11.1 Å². The summed E-state index contributed by atoms with van der Waals surface area (Å²) < 4.78 is 9.64. The van der Waals surface area contributed by atoms with E-state index in [-0.39, 0.29) is 24.5 Å². The largest absolute Gasteiger partial charge is 0.513 e. The average molecular weight is 383 g/mol. The Bertz CT molecular complexity index is 639. The van der Waals surface area contributed by atoms with Crippen molar-refractivity contribution in [3.63, 3.8) is 0 Å². The summed E-state index contributed by atoms with van der Waals surface area (Å²) in [5, 5.41) is 2.43. The van der Waals surface area contributed by atoms with E-state index in [4.69, 9.17) is 16.3 Å². The molecule has 0 aromatic heterocycles. The Morgan fingerprint density at radius 1 is 1.23 bits per heavy atom. The van der Waals surface area contributed by atoms with E-state index in [1.54, 1.807) is 30.9 Å². The quantitative estimate of drug-likeness (QED) is 0.480. The van der Waals surface area contributed by atoms with Crippen LogP contribution in [0.3, 0.4) is 0 Å². The van der Waals surface area contributed by atoms with E-state index >= 15 is 0 Å². The maximum Gasteiger partial charge on any atom is 0.513 e. The zero-order valence-electron chi connectivity index (χ0n) is 14.9. The number of likely N-dealkylation sites (tertiary alicyclic amines) is 1. The van der Waals surface area contributed by atoms with Crippen LogP contribution in [0.25, 0.3) is 0 Å². The second kappa shape index (κ2) is 9.43. The highest BCUT2D eigenvalue weighted by Gasteiger charge is 2.26. The fourth-order valence-corrected chi connectivity index (χ4v) is 2.82. The molecule has 0 spiro atoms. The van der Waals surface area contributed by atoms with Gasteiger partial charge in [-0.05, 0) is 51.0 Å². The summed E-state index contributed by atoms with van der Waals surface area (Å²) in [6.45, 7) is 4.73. The Balaban J connectivity index is 1.83. The number of piperidine rings is 1. The van der Waals surface area contributed by atoms with Crippen LogP contribution in [-0.4, -0.2) is 54.0 Å². The van der Waals surface area contributed by atoms with Crippen molar-refractivity contribution in [2.75, 3.05) is 19.7 Å². The molecule has 1 aromatic rings. The van der Waals surface area contributed by atoms with Crippen molar-refractivity contribution in [3.05, 3.63) is 29.8 Å². The van der Waals surface area contributed by atoms with Gasteiger partial charge in [-0.3, -0.25) is 9.59 Å². The predicted octanol–water partition coefficient (Wildman–Crippen LogP) is 2.57. The predicted molar refractivity (Wildman–Crippen MR) is 96.5 cm³/mol. The number of hydrogen-bond acceptors (Lipinski definition) is 5.